The number of aromatic nitrogens is 2. The van der Waals surface area contributed by atoms with Crippen molar-refractivity contribution in [2.75, 3.05) is 36.4 Å². The lowest BCUT2D eigenvalue weighted by atomic mass is 10.2. The zero-order chi connectivity index (χ0) is 11.8. The maximum atomic E-state index is 11.7. The first-order valence-corrected chi connectivity index (χ1v) is 5.89. The lowest BCUT2D eigenvalue weighted by Gasteiger charge is -2.27. The summed E-state index contributed by atoms with van der Waals surface area (Å²) in [6.45, 7) is 5.55. The monoisotopic (exact) mass is 233 g/mol. The Hall–Kier alpha value is -1.69. The van der Waals surface area contributed by atoms with Crippen LogP contribution in [0.2, 0.25) is 0 Å². The Bertz CT molecular complexity index is 455. The highest BCUT2D eigenvalue weighted by Crippen LogP contribution is 2.24. The molecule has 0 saturated carbocycles. The topological polar surface area (TPSA) is 70.2 Å². The first-order chi connectivity index (χ1) is 8.25. The molecule has 1 atom stereocenters. The number of anilines is 2. The van der Waals surface area contributed by atoms with Crippen LogP contribution in [0.1, 0.15) is 17.3 Å². The average Bonchev–Trinajstić information content (AvgIpc) is 2.66. The summed E-state index contributed by atoms with van der Waals surface area (Å²) in [4.78, 5) is 22.6. The fourth-order valence-electron chi connectivity index (χ4n) is 2.18. The Morgan fingerprint density at radius 3 is 2.94 bits per heavy atom. The number of rotatable bonds is 1. The van der Waals surface area contributed by atoms with Gasteiger partial charge in [0.25, 0.3) is 0 Å². The Morgan fingerprint density at radius 2 is 2.18 bits per heavy atom. The van der Waals surface area contributed by atoms with Gasteiger partial charge in [-0.25, -0.2) is 4.98 Å². The molecule has 3 heterocycles. The van der Waals surface area contributed by atoms with Crippen LogP contribution in [-0.2, 0) is 0 Å². The molecule has 2 aliphatic rings. The number of piperazine rings is 1. The van der Waals surface area contributed by atoms with E-state index in [-0.39, 0.29) is 11.8 Å². The number of hydrogen-bond donors (Lipinski definition) is 2. The van der Waals surface area contributed by atoms with Gasteiger partial charge in [0.1, 0.15) is 5.82 Å². The molecular formula is C11H15N5O. The van der Waals surface area contributed by atoms with Gasteiger partial charge in [-0.15, -0.1) is 0 Å². The van der Waals surface area contributed by atoms with Crippen molar-refractivity contribution < 1.29 is 4.79 Å². The minimum atomic E-state index is -0.183. The smallest absolute Gasteiger partial charge is 0.227 e. The molecule has 3 rings (SSSR count). The van der Waals surface area contributed by atoms with Crippen LogP contribution in [0.5, 0.6) is 0 Å². The van der Waals surface area contributed by atoms with E-state index in [2.05, 4.69) is 25.5 Å². The Kier molecular flexibility index (Phi) is 2.44. The number of carbonyl (C=O) groups excluding carboxylic acids is 1. The number of carbonyl (C=O) groups is 1. The van der Waals surface area contributed by atoms with E-state index in [0.29, 0.717) is 17.3 Å². The molecule has 0 amide bonds. The van der Waals surface area contributed by atoms with Gasteiger partial charge in [-0.3, -0.25) is 4.79 Å². The van der Waals surface area contributed by atoms with E-state index in [1.54, 1.807) is 6.20 Å². The van der Waals surface area contributed by atoms with Crippen LogP contribution in [0.25, 0.3) is 0 Å². The maximum Gasteiger partial charge on any atom is 0.227 e. The second kappa shape index (κ2) is 3.96. The molecule has 1 unspecified atom stereocenters. The number of Topliss-reactive ketones (excluding diaryl/α,β-unsaturated/α-hetero) is 1. The Labute approximate surface area is 99.4 Å². The SMILES string of the molecule is CC1Nc2nc(N3CCNCC3)ncc2C1=O. The van der Waals surface area contributed by atoms with Gasteiger partial charge in [0, 0.05) is 32.4 Å². The van der Waals surface area contributed by atoms with Gasteiger partial charge in [-0.05, 0) is 6.92 Å². The Balaban J connectivity index is 1.89. The number of nitrogens with one attached hydrogen (secondary N) is 2. The summed E-state index contributed by atoms with van der Waals surface area (Å²) >= 11 is 0. The predicted molar refractivity (Wildman–Crippen MR) is 64.5 cm³/mol. The quantitative estimate of drug-likeness (QED) is 0.705. The van der Waals surface area contributed by atoms with E-state index in [1.165, 1.54) is 0 Å². The van der Waals surface area contributed by atoms with Crippen LogP contribution in [0, 0.1) is 0 Å². The van der Waals surface area contributed by atoms with Crippen molar-refractivity contribution in [2.45, 2.75) is 13.0 Å². The molecular weight excluding hydrogens is 218 g/mol. The van der Waals surface area contributed by atoms with Crippen LogP contribution in [0.15, 0.2) is 6.20 Å². The minimum absolute atomic E-state index is 0.0758. The molecule has 0 spiro atoms. The summed E-state index contributed by atoms with van der Waals surface area (Å²) in [5.41, 5.74) is 0.608. The van der Waals surface area contributed by atoms with Gasteiger partial charge < -0.3 is 15.5 Å². The number of nitrogens with zero attached hydrogens (tertiary/aromatic N) is 3. The molecule has 2 aliphatic heterocycles. The highest BCUT2D eigenvalue weighted by Gasteiger charge is 2.29. The number of hydrogen-bond acceptors (Lipinski definition) is 6. The molecule has 17 heavy (non-hydrogen) atoms. The highest BCUT2D eigenvalue weighted by molar-refractivity contribution is 6.09. The molecule has 1 aromatic rings. The summed E-state index contributed by atoms with van der Waals surface area (Å²) in [5.74, 6) is 1.46. The summed E-state index contributed by atoms with van der Waals surface area (Å²) in [5, 5.41) is 6.37. The Morgan fingerprint density at radius 1 is 1.41 bits per heavy atom. The van der Waals surface area contributed by atoms with E-state index < -0.39 is 0 Å². The predicted octanol–water partition coefficient (Wildman–Crippen LogP) is -0.117. The molecule has 1 saturated heterocycles. The van der Waals surface area contributed by atoms with E-state index in [0.717, 1.165) is 26.2 Å². The normalized spacial score (nSPS) is 23.5. The van der Waals surface area contributed by atoms with Crippen molar-refractivity contribution in [3.63, 3.8) is 0 Å². The zero-order valence-electron chi connectivity index (χ0n) is 9.73. The third-order valence-corrected chi connectivity index (χ3v) is 3.19. The largest absolute Gasteiger partial charge is 0.359 e. The summed E-state index contributed by atoms with van der Waals surface area (Å²) < 4.78 is 0. The highest BCUT2D eigenvalue weighted by atomic mass is 16.1. The first-order valence-electron chi connectivity index (χ1n) is 5.89. The second-order valence-corrected chi connectivity index (χ2v) is 4.40. The molecule has 0 aromatic carbocycles. The van der Waals surface area contributed by atoms with Crippen LogP contribution >= 0.6 is 0 Å². The second-order valence-electron chi connectivity index (χ2n) is 4.40. The van der Waals surface area contributed by atoms with Gasteiger partial charge in [-0.2, -0.15) is 4.98 Å². The van der Waals surface area contributed by atoms with Crippen molar-refractivity contribution in [3.8, 4) is 0 Å². The van der Waals surface area contributed by atoms with Crippen molar-refractivity contribution in [1.29, 1.82) is 0 Å². The molecule has 2 N–H and O–H groups in total. The van der Waals surface area contributed by atoms with Crippen molar-refractivity contribution in [2.24, 2.45) is 0 Å². The van der Waals surface area contributed by atoms with Gasteiger partial charge >= 0.3 is 0 Å². The lowest BCUT2D eigenvalue weighted by Crippen LogP contribution is -2.44. The average molecular weight is 233 g/mol. The summed E-state index contributed by atoms with van der Waals surface area (Å²) in [7, 11) is 0. The molecule has 0 aliphatic carbocycles. The fraction of sp³-hybridized carbons (Fsp3) is 0.545. The van der Waals surface area contributed by atoms with E-state index in [4.69, 9.17) is 0 Å². The van der Waals surface area contributed by atoms with Crippen LogP contribution < -0.4 is 15.5 Å². The molecule has 1 fully saturated rings. The van der Waals surface area contributed by atoms with Gasteiger partial charge in [-0.1, -0.05) is 0 Å². The van der Waals surface area contributed by atoms with Gasteiger partial charge in [0.15, 0.2) is 5.78 Å². The standard InChI is InChI=1S/C11H15N5O/c1-7-9(17)8-6-13-11(15-10(8)14-7)16-4-2-12-3-5-16/h6-7,12H,2-5H2,1H3,(H,13,14,15). The van der Waals surface area contributed by atoms with Gasteiger partial charge in [0.2, 0.25) is 5.95 Å². The maximum absolute atomic E-state index is 11.7. The van der Waals surface area contributed by atoms with Crippen molar-refractivity contribution in [3.05, 3.63) is 11.8 Å². The third kappa shape index (κ3) is 1.74. The molecule has 0 radical (unpaired) electrons. The third-order valence-electron chi connectivity index (χ3n) is 3.19. The van der Waals surface area contributed by atoms with Crippen LogP contribution in [0.4, 0.5) is 11.8 Å². The lowest BCUT2D eigenvalue weighted by molar-refractivity contribution is 0.0985. The first kappa shape index (κ1) is 10.5. The molecule has 6 nitrogen and oxygen atoms in total. The van der Waals surface area contributed by atoms with E-state index in [9.17, 15) is 4.79 Å². The number of ketones is 1. The molecule has 90 valence electrons. The number of fused-ring (bicyclic) bond motifs is 1. The summed E-state index contributed by atoms with van der Waals surface area (Å²) in [6.07, 6.45) is 1.64. The van der Waals surface area contributed by atoms with Crippen molar-refractivity contribution in [1.82, 2.24) is 15.3 Å². The van der Waals surface area contributed by atoms with E-state index >= 15 is 0 Å². The minimum Gasteiger partial charge on any atom is -0.359 e. The van der Waals surface area contributed by atoms with Crippen LogP contribution in [-0.4, -0.2) is 48.0 Å². The summed E-state index contributed by atoms with van der Waals surface area (Å²) in [6, 6.07) is -0.183. The van der Waals surface area contributed by atoms with Crippen molar-refractivity contribution >= 4 is 17.5 Å². The fourth-order valence-corrected chi connectivity index (χ4v) is 2.18. The van der Waals surface area contributed by atoms with Gasteiger partial charge in [0.05, 0.1) is 11.6 Å². The molecule has 6 heteroatoms. The molecule has 1 aromatic heterocycles. The molecule has 0 bridgehead atoms. The van der Waals surface area contributed by atoms with Crippen LogP contribution in [0.3, 0.4) is 0 Å². The zero-order valence-corrected chi connectivity index (χ0v) is 9.73. The van der Waals surface area contributed by atoms with E-state index in [1.807, 2.05) is 6.92 Å².